The average molecular weight is 811 g/mol. The van der Waals surface area contributed by atoms with E-state index in [9.17, 15) is 24.3 Å². The van der Waals surface area contributed by atoms with Crippen molar-refractivity contribution in [2.45, 2.75) is 88.9 Å². The van der Waals surface area contributed by atoms with Crippen LogP contribution in [-0.4, -0.2) is 96.2 Å². The number of benzene rings is 3. The van der Waals surface area contributed by atoms with Crippen LogP contribution in [0.15, 0.2) is 83.7 Å². The van der Waals surface area contributed by atoms with Crippen LogP contribution >= 0.6 is 11.3 Å². The van der Waals surface area contributed by atoms with Gasteiger partial charge in [-0.1, -0.05) is 105 Å². The lowest BCUT2D eigenvalue weighted by Gasteiger charge is -2.31. The maximum atomic E-state index is 14.4. The Kier molecular flexibility index (Phi) is 16.6. The number of amides is 4. The van der Waals surface area contributed by atoms with Crippen LogP contribution in [0.25, 0.3) is 10.8 Å². The fourth-order valence-corrected chi connectivity index (χ4v) is 8.66. The van der Waals surface area contributed by atoms with Crippen LogP contribution in [0.1, 0.15) is 68.2 Å². The first kappa shape index (κ1) is 42.9. The second kappa shape index (κ2) is 22.5. The van der Waals surface area contributed by atoms with Crippen LogP contribution in [-0.2, 0) is 43.3 Å². The Hall–Kier alpha value is -4.69. The van der Waals surface area contributed by atoms with Crippen LogP contribution in [0, 0.1) is 11.8 Å². The normalized spacial score (nSPS) is 17.1. The molecule has 310 valence electrons. The van der Waals surface area contributed by atoms with Gasteiger partial charge in [-0.3, -0.25) is 24.1 Å². The Morgan fingerprint density at radius 2 is 1.57 bits per heavy atom. The number of hydrogen-bond donors (Lipinski definition) is 5. The smallest absolute Gasteiger partial charge is 0.243 e. The molecule has 0 spiro atoms. The highest BCUT2D eigenvalue weighted by atomic mass is 32.1. The molecule has 13 heteroatoms. The SMILES string of the molecule is O=C(C[C@@H](Cc1cccc2ccccc12)C(=O)NC(Cc1cscn1)C(=O)N[C@@H](CC1CCCCC1)[C@@H](O)CC(=O)NCCN1CCOCC1)NCc1ccccc1. The molecular weight excluding hydrogens is 753 g/mol. The zero-order chi connectivity index (χ0) is 40.5. The van der Waals surface area contributed by atoms with Gasteiger partial charge in [0.25, 0.3) is 0 Å². The van der Waals surface area contributed by atoms with E-state index in [1.807, 2.05) is 78.2 Å². The summed E-state index contributed by atoms with van der Waals surface area (Å²) in [6.45, 7) is 4.46. The predicted octanol–water partition coefficient (Wildman–Crippen LogP) is 4.54. The van der Waals surface area contributed by atoms with E-state index in [2.05, 4.69) is 31.2 Å². The number of thiazole rings is 1. The van der Waals surface area contributed by atoms with Crippen molar-refractivity contribution in [2.24, 2.45) is 11.8 Å². The monoisotopic (exact) mass is 810 g/mol. The second-order valence-corrected chi connectivity index (χ2v) is 16.4. The number of aliphatic hydroxyl groups is 1. The molecule has 1 aromatic heterocycles. The van der Waals surface area contributed by atoms with Crippen LogP contribution in [0.2, 0.25) is 0 Å². The first-order valence-electron chi connectivity index (χ1n) is 20.8. The van der Waals surface area contributed by atoms with Gasteiger partial charge in [-0.05, 0) is 40.7 Å². The van der Waals surface area contributed by atoms with Crippen LogP contribution < -0.4 is 21.3 Å². The Morgan fingerprint density at radius 3 is 2.34 bits per heavy atom. The largest absolute Gasteiger partial charge is 0.390 e. The lowest BCUT2D eigenvalue weighted by molar-refractivity contribution is -0.134. The van der Waals surface area contributed by atoms with Gasteiger partial charge in [0.15, 0.2) is 0 Å². The summed E-state index contributed by atoms with van der Waals surface area (Å²) in [5, 5.41) is 27.4. The highest BCUT2D eigenvalue weighted by Crippen LogP contribution is 2.29. The minimum atomic E-state index is -1.13. The molecule has 1 saturated heterocycles. The molecule has 1 aliphatic carbocycles. The van der Waals surface area contributed by atoms with Gasteiger partial charge < -0.3 is 31.1 Å². The van der Waals surface area contributed by atoms with Crippen LogP contribution in [0.4, 0.5) is 0 Å². The fraction of sp³-hybridized carbons (Fsp3) is 0.489. The third-order valence-electron chi connectivity index (χ3n) is 11.4. The number of fused-ring (bicyclic) bond motifs is 1. The third kappa shape index (κ3) is 13.4. The molecule has 2 heterocycles. The van der Waals surface area contributed by atoms with Gasteiger partial charge in [0.1, 0.15) is 6.04 Å². The number of rotatable bonds is 20. The van der Waals surface area contributed by atoms with Crippen molar-refractivity contribution < 1.29 is 29.0 Å². The molecule has 2 fully saturated rings. The van der Waals surface area contributed by atoms with Gasteiger partial charge in [0.05, 0.1) is 48.9 Å². The Balaban J connectivity index is 1.17. The molecule has 6 rings (SSSR count). The van der Waals surface area contributed by atoms with Crippen molar-refractivity contribution in [2.75, 3.05) is 39.4 Å². The molecule has 4 atom stereocenters. The van der Waals surface area contributed by atoms with Gasteiger partial charge >= 0.3 is 0 Å². The van der Waals surface area contributed by atoms with E-state index in [1.54, 1.807) is 5.51 Å². The van der Waals surface area contributed by atoms with Gasteiger partial charge in [0.2, 0.25) is 23.6 Å². The standard InChI is InChI=1S/C45H58N6O6S/c52-41(28-43(54)46-18-19-51-20-22-57-23-21-51)39(24-32-10-3-1-4-11-32)49-45(56)40(27-37-30-58-31-48-37)50-44(55)36(26-42(53)47-29-33-12-5-2-6-13-33)25-35-16-9-15-34-14-7-8-17-38(34)35/h2,5-9,12-17,30-32,36,39-41,52H,1,3-4,10-11,18-29H2,(H,46,54)(H,47,53)(H,49,56)(H,50,55)/t36-,39+,40?,41+/m1/s1. The maximum absolute atomic E-state index is 14.4. The first-order valence-corrected chi connectivity index (χ1v) is 21.7. The summed E-state index contributed by atoms with van der Waals surface area (Å²) >= 11 is 1.40. The molecule has 1 unspecified atom stereocenters. The van der Waals surface area contributed by atoms with Crippen molar-refractivity contribution in [3.05, 3.63) is 101 Å². The predicted molar refractivity (Wildman–Crippen MR) is 226 cm³/mol. The van der Waals surface area contributed by atoms with E-state index in [0.717, 1.165) is 67.1 Å². The van der Waals surface area contributed by atoms with E-state index < -0.39 is 35.9 Å². The summed E-state index contributed by atoms with van der Waals surface area (Å²) in [5.41, 5.74) is 4.19. The number of aromatic nitrogens is 1. The highest BCUT2D eigenvalue weighted by Gasteiger charge is 2.33. The summed E-state index contributed by atoms with van der Waals surface area (Å²) in [6, 6.07) is 21.7. The first-order chi connectivity index (χ1) is 28.3. The lowest BCUT2D eigenvalue weighted by Crippen LogP contribution is -2.55. The summed E-state index contributed by atoms with van der Waals surface area (Å²) in [5.74, 6) is -1.95. The van der Waals surface area contributed by atoms with E-state index in [4.69, 9.17) is 4.74 Å². The van der Waals surface area contributed by atoms with E-state index in [1.165, 1.54) is 11.3 Å². The van der Waals surface area contributed by atoms with Crippen molar-refractivity contribution in [1.29, 1.82) is 0 Å². The highest BCUT2D eigenvalue weighted by molar-refractivity contribution is 7.07. The number of hydrogen-bond acceptors (Lipinski definition) is 9. The van der Waals surface area contributed by atoms with E-state index >= 15 is 0 Å². The molecule has 0 bridgehead atoms. The van der Waals surface area contributed by atoms with Gasteiger partial charge in [-0.15, -0.1) is 11.3 Å². The van der Waals surface area contributed by atoms with Crippen molar-refractivity contribution in [3.63, 3.8) is 0 Å². The van der Waals surface area contributed by atoms with Crippen LogP contribution in [0.3, 0.4) is 0 Å². The summed E-state index contributed by atoms with van der Waals surface area (Å²) < 4.78 is 5.42. The molecule has 5 N–H and O–H groups in total. The molecule has 1 saturated carbocycles. The van der Waals surface area contributed by atoms with Gasteiger partial charge in [-0.2, -0.15) is 0 Å². The summed E-state index contributed by atoms with van der Waals surface area (Å²) in [7, 11) is 0. The molecule has 12 nitrogen and oxygen atoms in total. The Labute approximate surface area is 345 Å². The quantitative estimate of drug-likeness (QED) is 0.0870. The molecule has 3 aromatic carbocycles. The topological polar surface area (TPSA) is 162 Å². The molecular formula is C45H58N6O6S. The number of nitrogens with one attached hydrogen (secondary N) is 4. The van der Waals surface area contributed by atoms with Gasteiger partial charge in [-0.25, -0.2) is 4.98 Å². The number of carbonyl (C=O) groups excluding carboxylic acids is 4. The summed E-state index contributed by atoms with van der Waals surface area (Å²) in [6.07, 6.45) is 4.87. The Morgan fingerprint density at radius 1 is 0.828 bits per heavy atom. The average Bonchev–Trinajstić information content (AvgIpc) is 3.76. The molecule has 1 aliphatic heterocycles. The summed E-state index contributed by atoms with van der Waals surface area (Å²) in [4.78, 5) is 62.0. The molecule has 58 heavy (non-hydrogen) atoms. The number of ether oxygens (including phenoxy) is 1. The lowest BCUT2D eigenvalue weighted by atomic mass is 9.83. The van der Waals surface area contributed by atoms with E-state index in [0.29, 0.717) is 50.9 Å². The maximum Gasteiger partial charge on any atom is 0.243 e. The minimum Gasteiger partial charge on any atom is -0.390 e. The zero-order valence-corrected chi connectivity index (χ0v) is 34.1. The Bertz CT molecular complexity index is 1890. The molecule has 0 radical (unpaired) electrons. The fourth-order valence-electron chi connectivity index (χ4n) is 8.09. The zero-order valence-electron chi connectivity index (χ0n) is 33.3. The third-order valence-corrected chi connectivity index (χ3v) is 12.0. The van der Waals surface area contributed by atoms with E-state index in [-0.39, 0.29) is 37.5 Å². The van der Waals surface area contributed by atoms with Crippen molar-refractivity contribution in [1.82, 2.24) is 31.2 Å². The number of carbonyl (C=O) groups is 4. The van der Waals surface area contributed by atoms with Crippen molar-refractivity contribution in [3.8, 4) is 0 Å². The molecule has 2 aliphatic rings. The van der Waals surface area contributed by atoms with Crippen molar-refractivity contribution >= 4 is 45.7 Å². The number of aliphatic hydroxyl groups excluding tert-OH is 1. The van der Waals surface area contributed by atoms with Gasteiger partial charge in [0, 0.05) is 50.9 Å². The second-order valence-electron chi connectivity index (χ2n) is 15.7. The minimum absolute atomic E-state index is 0.0867. The molecule has 4 amide bonds. The number of morpholine rings is 1. The van der Waals surface area contributed by atoms with Crippen LogP contribution in [0.5, 0.6) is 0 Å². The molecule has 4 aromatic rings. The number of nitrogens with zero attached hydrogens (tertiary/aromatic N) is 2.